The van der Waals surface area contributed by atoms with Gasteiger partial charge in [0, 0.05) is 11.3 Å². The molecule has 0 saturated carbocycles. The summed E-state index contributed by atoms with van der Waals surface area (Å²) in [6.45, 7) is 0.405. The Balaban J connectivity index is 1.56. The molecule has 1 atom stereocenters. The van der Waals surface area contributed by atoms with Gasteiger partial charge in [-0.1, -0.05) is 60.7 Å². The van der Waals surface area contributed by atoms with Crippen molar-refractivity contribution in [2.24, 2.45) is 0 Å². The van der Waals surface area contributed by atoms with Gasteiger partial charge in [-0.15, -0.1) is 0 Å². The van der Waals surface area contributed by atoms with E-state index >= 15 is 0 Å². The maximum atomic E-state index is 13.4. The van der Waals surface area contributed by atoms with Crippen molar-refractivity contribution in [2.75, 3.05) is 19.1 Å². The average molecular weight is 522 g/mol. The minimum absolute atomic E-state index is 0.0194. The number of Topliss-reactive ketones (excluding diaryl/α,β-unsaturated/α-hetero) is 1. The smallest absolute Gasteiger partial charge is 0.300 e. The Bertz CT molecular complexity index is 1510. The summed E-state index contributed by atoms with van der Waals surface area (Å²) >= 11 is 0. The highest BCUT2D eigenvalue weighted by molar-refractivity contribution is 6.51. The number of hydrogen-bond acceptors (Lipinski definition) is 6. The molecular weight excluding hydrogens is 494 g/mol. The Morgan fingerprint density at radius 1 is 0.795 bits per heavy atom. The van der Waals surface area contributed by atoms with E-state index in [0.29, 0.717) is 40.7 Å². The summed E-state index contributed by atoms with van der Waals surface area (Å²) in [6.07, 6.45) is 0. The van der Waals surface area contributed by atoms with E-state index in [9.17, 15) is 14.7 Å². The lowest BCUT2D eigenvalue weighted by Gasteiger charge is -2.25. The van der Waals surface area contributed by atoms with Crippen molar-refractivity contribution in [2.45, 2.75) is 12.6 Å². The predicted molar refractivity (Wildman–Crippen MR) is 148 cm³/mol. The van der Waals surface area contributed by atoms with Crippen LogP contribution in [0.5, 0.6) is 17.2 Å². The Morgan fingerprint density at radius 2 is 1.44 bits per heavy atom. The summed E-state index contributed by atoms with van der Waals surface area (Å²) in [5, 5.41) is 11.4. The van der Waals surface area contributed by atoms with Crippen LogP contribution in [-0.4, -0.2) is 31.0 Å². The number of hydrogen-bond donors (Lipinski definition) is 1. The highest BCUT2D eigenvalue weighted by atomic mass is 16.5. The van der Waals surface area contributed by atoms with Crippen molar-refractivity contribution >= 4 is 23.1 Å². The minimum Gasteiger partial charge on any atom is -0.507 e. The normalized spacial score (nSPS) is 16.3. The number of benzene rings is 4. The number of ether oxygens (including phenoxy) is 3. The van der Waals surface area contributed by atoms with Crippen molar-refractivity contribution < 1.29 is 28.9 Å². The number of aliphatic hydroxyl groups excluding tert-OH is 1. The molecule has 0 radical (unpaired) electrons. The van der Waals surface area contributed by atoms with Crippen LogP contribution in [0.1, 0.15) is 22.7 Å². The first-order valence-electron chi connectivity index (χ1n) is 12.4. The van der Waals surface area contributed by atoms with Gasteiger partial charge in [0.25, 0.3) is 11.7 Å². The van der Waals surface area contributed by atoms with Crippen LogP contribution < -0.4 is 19.1 Å². The number of amides is 1. The van der Waals surface area contributed by atoms with E-state index in [-0.39, 0.29) is 11.3 Å². The third-order valence-corrected chi connectivity index (χ3v) is 6.58. The number of rotatable bonds is 8. The quantitative estimate of drug-likeness (QED) is 0.176. The van der Waals surface area contributed by atoms with Crippen LogP contribution in [0.4, 0.5) is 5.69 Å². The Kier molecular flexibility index (Phi) is 7.32. The first-order chi connectivity index (χ1) is 19.0. The molecule has 1 aliphatic rings. The lowest BCUT2D eigenvalue weighted by Crippen LogP contribution is -2.29. The maximum absolute atomic E-state index is 13.4. The van der Waals surface area contributed by atoms with Gasteiger partial charge in [-0.25, -0.2) is 0 Å². The summed E-state index contributed by atoms with van der Waals surface area (Å²) < 4.78 is 16.6. The van der Waals surface area contributed by atoms with Gasteiger partial charge in [0.2, 0.25) is 0 Å². The number of methoxy groups -OCH3 is 2. The lowest BCUT2D eigenvalue weighted by molar-refractivity contribution is -0.132. The Hall–Kier alpha value is -5.04. The van der Waals surface area contributed by atoms with Crippen molar-refractivity contribution in [1.82, 2.24) is 0 Å². The predicted octanol–water partition coefficient (Wildman–Crippen LogP) is 5.91. The molecule has 0 bridgehead atoms. The van der Waals surface area contributed by atoms with E-state index in [4.69, 9.17) is 14.2 Å². The standard InChI is InChI=1S/C32H27NO6/c1-37-26-18-15-23(19-27(26)38-2)30(34)28-29(33(32(36)31(28)35)24-11-7-4-8-12-24)22-13-16-25(17-14-22)39-20-21-9-5-3-6-10-21/h3-19,29,34H,20H2,1-2H3/b30-28-. The zero-order chi connectivity index (χ0) is 27.4. The second kappa shape index (κ2) is 11.1. The lowest BCUT2D eigenvalue weighted by atomic mass is 9.95. The van der Waals surface area contributed by atoms with Crippen LogP contribution in [0, 0.1) is 0 Å². The molecule has 1 amide bonds. The van der Waals surface area contributed by atoms with Gasteiger partial charge >= 0.3 is 0 Å². The van der Waals surface area contributed by atoms with Crippen molar-refractivity contribution in [3.8, 4) is 17.2 Å². The molecule has 1 heterocycles. The molecule has 0 spiro atoms. The van der Waals surface area contributed by atoms with E-state index in [1.54, 1.807) is 66.7 Å². The van der Waals surface area contributed by atoms with Gasteiger partial charge in [-0.3, -0.25) is 14.5 Å². The molecule has 1 aliphatic heterocycles. The van der Waals surface area contributed by atoms with Gasteiger partial charge in [0.05, 0.1) is 25.8 Å². The van der Waals surface area contributed by atoms with E-state index in [1.807, 2.05) is 36.4 Å². The fourth-order valence-corrected chi connectivity index (χ4v) is 4.63. The van der Waals surface area contributed by atoms with E-state index in [2.05, 4.69) is 0 Å². The van der Waals surface area contributed by atoms with Gasteiger partial charge in [-0.05, 0) is 53.6 Å². The molecule has 1 N–H and O–H groups in total. The fraction of sp³-hybridized carbons (Fsp3) is 0.125. The second-order valence-corrected chi connectivity index (χ2v) is 8.92. The summed E-state index contributed by atoms with van der Waals surface area (Å²) in [6, 6.07) is 29.9. The van der Waals surface area contributed by atoms with Crippen LogP contribution in [-0.2, 0) is 16.2 Å². The molecule has 0 aliphatic carbocycles. The number of para-hydroxylation sites is 1. The summed E-state index contributed by atoms with van der Waals surface area (Å²) in [7, 11) is 2.99. The first-order valence-corrected chi connectivity index (χ1v) is 12.4. The summed E-state index contributed by atoms with van der Waals surface area (Å²) in [5.41, 5.74) is 2.53. The molecule has 1 saturated heterocycles. The zero-order valence-corrected chi connectivity index (χ0v) is 21.5. The Labute approximate surface area is 226 Å². The zero-order valence-electron chi connectivity index (χ0n) is 21.5. The Morgan fingerprint density at radius 3 is 2.08 bits per heavy atom. The summed E-state index contributed by atoms with van der Waals surface area (Å²) in [5.74, 6) is -0.309. The highest BCUT2D eigenvalue weighted by Gasteiger charge is 2.47. The first kappa shape index (κ1) is 25.6. The molecule has 7 nitrogen and oxygen atoms in total. The van der Waals surface area contributed by atoms with Crippen molar-refractivity contribution in [1.29, 1.82) is 0 Å². The molecular formula is C32H27NO6. The molecule has 0 aromatic heterocycles. The molecule has 4 aromatic rings. The van der Waals surface area contributed by atoms with E-state index in [1.165, 1.54) is 19.1 Å². The van der Waals surface area contributed by atoms with Gasteiger partial charge in [0.15, 0.2) is 11.5 Å². The topological polar surface area (TPSA) is 85.3 Å². The largest absolute Gasteiger partial charge is 0.507 e. The van der Waals surface area contributed by atoms with Gasteiger partial charge in [-0.2, -0.15) is 0 Å². The number of ketones is 1. The molecule has 1 unspecified atom stereocenters. The van der Waals surface area contributed by atoms with E-state index in [0.717, 1.165) is 5.56 Å². The van der Waals surface area contributed by atoms with Crippen LogP contribution in [0.15, 0.2) is 109 Å². The number of aliphatic hydroxyl groups is 1. The third-order valence-electron chi connectivity index (χ3n) is 6.58. The SMILES string of the molecule is COc1ccc(/C(O)=C2/C(=O)C(=O)N(c3ccccc3)C2c2ccc(OCc3ccccc3)cc2)cc1OC. The molecule has 39 heavy (non-hydrogen) atoms. The highest BCUT2D eigenvalue weighted by Crippen LogP contribution is 2.43. The van der Waals surface area contributed by atoms with E-state index < -0.39 is 17.7 Å². The van der Waals surface area contributed by atoms with Crippen molar-refractivity contribution in [3.63, 3.8) is 0 Å². The molecule has 5 rings (SSSR count). The summed E-state index contributed by atoms with van der Waals surface area (Å²) in [4.78, 5) is 28.2. The molecule has 7 heteroatoms. The average Bonchev–Trinajstić information content (AvgIpc) is 3.26. The van der Waals surface area contributed by atoms with Gasteiger partial charge in [0.1, 0.15) is 18.1 Å². The third kappa shape index (κ3) is 5.07. The number of carbonyl (C=O) groups is 2. The van der Waals surface area contributed by atoms with Crippen LogP contribution in [0.25, 0.3) is 5.76 Å². The number of carbonyl (C=O) groups excluding carboxylic acids is 2. The molecule has 4 aromatic carbocycles. The molecule has 196 valence electrons. The number of nitrogens with zero attached hydrogens (tertiary/aromatic N) is 1. The number of anilines is 1. The fourth-order valence-electron chi connectivity index (χ4n) is 4.63. The van der Waals surface area contributed by atoms with Crippen LogP contribution in [0.2, 0.25) is 0 Å². The van der Waals surface area contributed by atoms with Crippen LogP contribution >= 0.6 is 0 Å². The molecule has 1 fully saturated rings. The van der Waals surface area contributed by atoms with Crippen LogP contribution in [0.3, 0.4) is 0 Å². The van der Waals surface area contributed by atoms with Gasteiger partial charge < -0.3 is 19.3 Å². The second-order valence-electron chi connectivity index (χ2n) is 8.92. The monoisotopic (exact) mass is 521 g/mol. The maximum Gasteiger partial charge on any atom is 0.300 e. The van der Waals surface area contributed by atoms with Crippen molar-refractivity contribution in [3.05, 3.63) is 125 Å². The minimum atomic E-state index is -0.858.